The number of hydrogen-bond acceptors (Lipinski definition) is 3. The van der Waals surface area contributed by atoms with Crippen LogP contribution in [0.15, 0.2) is 18.5 Å². The highest BCUT2D eigenvalue weighted by molar-refractivity contribution is 5.99. The lowest BCUT2D eigenvalue weighted by atomic mass is 10.1. The van der Waals surface area contributed by atoms with Gasteiger partial charge in [0.05, 0.1) is 24.0 Å². The molecular weight excluding hydrogens is 215 g/mol. The van der Waals surface area contributed by atoms with Crippen molar-refractivity contribution in [2.24, 2.45) is 5.92 Å². The summed E-state index contributed by atoms with van der Waals surface area (Å²) in [6.45, 7) is 0.0688. The van der Waals surface area contributed by atoms with Gasteiger partial charge in [-0.2, -0.15) is 0 Å². The Hall–Kier alpha value is -1.98. The van der Waals surface area contributed by atoms with Crippen molar-refractivity contribution >= 4 is 17.6 Å². The van der Waals surface area contributed by atoms with Crippen LogP contribution in [0.2, 0.25) is 0 Å². The van der Waals surface area contributed by atoms with E-state index in [0.717, 1.165) is 12.3 Å². The van der Waals surface area contributed by atoms with Crippen molar-refractivity contribution in [2.75, 3.05) is 11.4 Å². The van der Waals surface area contributed by atoms with Gasteiger partial charge in [0.25, 0.3) is 0 Å². The van der Waals surface area contributed by atoms with Crippen molar-refractivity contribution < 1.29 is 19.1 Å². The number of carbonyl (C=O) groups is 2. The van der Waals surface area contributed by atoms with E-state index in [1.165, 1.54) is 11.1 Å². The highest BCUT2D eigenvalue weighted by Crippen LogP contribution is 2.24. The molecule has 1 fully saturated rings. The second-order valence-electron chi connectivity index (χ2n) is 3.60. The van der Waals surface area contributed by atoms with E-state index in [1.54, 1.807) is 0 Å². The molecule has 6 heteroatoms. The summed E-state index contributed by atoms with van der Waals surface area (Å²) in [4.78, 5) is 27.1. The van der Waals surface area contributed by atoms with Gasteiger partial charge in [0.15, 0.2) is 0 Å². The number of aliphatic carboxylic acids is 1. The molecule has 1 aromatic heterocycles. The first-order valence-electron chi connectivity index (χ1n) is 4.71. The number of pyridine rings is 1. The molecule has 1 atom stereocenters. The Morgan fingerprint density at radius 2 is 2.31 bits per heavy atom. The Kier molecular flexibility index (Phi) is 2.55. The predicted octanol–water partition coefficient (Wildman–Crippen LogP) is 0.658. The first kappa shape index (κ1) is 10.5. The molecule has 84 valence electrons. The molecule has 0 saturated carbocycles. The monoisotopic (exact) mass is 224 g/mol. The summed E-state index contributed by atoms with van der Waals surface area (Å²) < 4.78 is 12.9. The average molecular weight is 224 g/mol. The average Bonchev–Trinajstić information content (AvgIpc) is 2.60. The standard InChI is InChI=1S/C10H9FN2O3/c11-7-2-8(4-12-3-7)13-5-6(10(15)16)1-9(13)14/h2-4,6H,1,5H2,(H,15,16). The highest BCUT2D eigenvalue weighted by atomic mass is 19.1. The van der Waals surface area contributed by atoms with Gasteiger partial charge in [0.2, 0.25) is 5.91 Å². The Bertz CT molecular complexity index is 449. The molecule has 1 aliphatic rings. The van der Waals surface area contributed by atoms with E-state index in [9.17, 15) is 14.0 Å². The van der Waals surface area contributed by atoms with Crippen LogP contribution in [0.3, 0.4) is 0 Å². The number of hydrogen-bond donors (Lipinski definition) is 1. The number of carbonyl (C=O) groups excluding carboxylic acids is 1. The molecule has 0 aromatic carbocycles. The van der Waals surface area contributed by atoms with E-state index >= 15 is 0 Å². The zero-order valence-electron chi connectivity index (χ0n) is 8.26. The lowest BCUT2D eigenvalue weighted by molar-refractivity contribution is -0.141. The van der Waals surface area contributed by atoms with Gasteiger partial charge < -0.3 is 10.0 Å². The fourth-order valence-corrected chi connectivity index (χ4v) is 1.67. The van der Waals surface area contributed by atoms with Gasteiger partial charge in [-0.05, 0) is 0 Å². The third-order valence-corrected chi connectivity index (χ3v) is 2.48. The molecule has 5 nitrogen and oxygen atoms in total. The zero-order valence-corrected chi connectivity index (χ0v) is 8.26. The molecule has 1 aliphatic heterocycles. The van der Waals surface area contributed by atoms with Crippen LogP contribution in [0.5, 0.6) is 0 Å². The molecule has 0 bridgehead atoms. The van der Waals surface area contributed by atoms with E-state index in [-0.39, 0.29) is 18.9 Å². The molecule has 16 heavy (non-hydrogen) atoms. The van der Waals surface area contributed by atoms with Crippen molar-refractivity contribution in [1.29, 1.82) is 0 Å². The molecule has 1 aromatic rings. The maximum absolute atomic E-state index is 12.9. The van der Waals surface area contributed by atoms with Crippen LogP contribution in [0.25, 0.3) is 0 Å². The number of carboxylic acids is 1. The fourth-order valence-electron chi connectivity index (χ4n) is 1.67. The molecule has 2 heterocycles. The van der Waals surface area contributed by atoms with Gasteiger partial charge in [0.1, 0.15) is 5.82 Å². The van der Waals surface area contributed by atoms with Crippen molar-refractivity contribution in [3.63, 3.8) is 0 Å². The van der Waals surface area contributed by atoms with Crippen LogP contribution < -0.4 is 4.90 Å². The Labute approximate surface area is 90.5 Å². The van der Waals surface area contributed by atoms with Gasteiger partial charge in [-0.25, -0.2) is 4.39 Å². The minimum atomic E-state index is -1.01. The van der Waals surface area contributed by atoms with Gasteiger partial charge in [-0.1, -0.05) is 0 Å². The second kappa shape index (κ2) is 3.88. The summed E-state index contributed by atoms with van der Waals surface area (Å²) >= 11 is 0. The summed E-state index contributed by atoms with van der Waals surface area (Å²) in [6.07, 6.45) is 2.32. The summed E-state index contributed by atoms with van der Waals surface area (Å²) in [7, 11) is 0. The van der Waals surface area contributed by atoms with Crippen molar-refractivity contribution in [2.45, 2.75) is 6.42 Å². The van der Waals surface area contributed by atoms with Crippen LogP contribution in [-0.4, -0.2) is 28.5 Å². The Morgan fingerprint density at radius 1 is 1.56 bits per heavy atom. The molecule has 1 N–H and O–H groups in total. The van der Waals surface area contributed by atoms with Crippen LogP contribution >= 0.6 is 0 Å². The van der Waals surface area contributed by atoms with Gasteiger partial charge in [0, 0.05) is 19.0 Å². The smallest absolute Gasteiger partial charge is 0.308 e. The molecule has 0 radical (unpaired) electrons. The maximum Gasteiger partial charge on any atom is 0.308 e. The second-order valence-corrected chi connectivity index (χ2v) is 3.60. The molecule has 1 unspecified atom stereocenters. The first-order valence-corrected chi connectivity index (χ1v) is 4.71. The van der Waals surface area contributed by atoms with Crippen molar-refractivity contribution in [3.8, 4) is 0 Å². The third-order valence-electron chi connectivity index (χ3n) is 2.48. The van der Waals surface area contributed by atoms with Crippen LogP contribution in [0.1, 0.15) is 6.42 Å². The van der Waals surface area contributed by atoms with Crippen molar-refractivity contribution in [1.82, 2.24) is 4.98 Å². The molecule has 1 amide bonds. The Morgan fingerprint density at radius 3 is 2.88 bits per heavy atom. The predicted molar refractivity (Wildman–Crippen MR) is 52.3 cm³/mol. The number of carboxylic acid groups (broad SMARTS) is 1. The number of halogens is 1. The largest absolute Gasteiger partial charge is 0.481 e. The maximum atomic E-state index is 12.9. The van der Waals surface area contributed by atoms with Gasteiger partial charge in [-0.3, -0.25) is 14.6 Å². The Balaban J connectivity index is 2.23. The minimum absolute atomic E-state index is 0.0498. The van der Waals surface area contributed by atoms with Gasteiger partial charge in [-0.15, -0.1) is 0 Å². The van der Waals surface area contributed by atoms with E-state index in [4.69, 9.17) is 5.11 Å². The first-order chi connectivity index (χ1) is 7.58. The molecule has 2 rings (SSSR count). The quantitative estimate of drug-likeness (QED) is 0.801. The zero-order chi connectivity index (χ0) is 11.7. The summed E-state index contributed by atoms with van der Waals surface area (Å²) in [6, 6.07) is 1.16. The van der Waals surface area contributed by atoms with Crippen molar-refractivity contribution in [3.05, 3.63) is 24.3 Å². The normalized spacial score (nSPS) is 20.2. The van der Waals surface area contributed by atoms with E-state index in [2.05, 4.69) is 4.98 Å². The minimum Gasteiger partial charge on any atom is -0.481 e. The lowest BCUT2D eigenvalue weighted by Crippen LogP contribution is -2.25. The SMILES string of the molecule is O=C(O)C1CC(=O)N(c2cncc(F)c2)C1. The number of nitrogens with zero attached hydrogens (tertiary/aromatic N) is 2. The number of rotatable bonds is 2. The highest BCUT2D eigenvalue weighted by Gasteiger charge is 2.35. The molecule has 1 saturated heterocycles. The van der Waals surface area contributed by atoms with E-state index in [0.29, 0.717) is 5.69 Å². The molecular formula is C10H9FN2O3. The third kappa shape index (κ3) is 1.86. The summed E-state index contributed by atoms with van der Waals surface area (Å²) in [5.74, 6) is -2.61. The van der Waals surface area contributed by atoms with Gasteiger partial charge >= 0.3 is 5.97 Å². The number of aromatic nitrogens is 1. The van der Waals surface area contributed by atoms with Crippen LogP contribution in [0.4, 0.5) is 10.1 Å². The topological polar surface area (TPSA) is 70.5 Å². The molecule has 0 aliphatic carbocycles. The molecule has 0 spiro atoms. The summed E-state index contributed by atoms with van der Waals surface area (Å²) in [5.41, 5.74) is 0.300. The number of amides is 1. The lowest BCUT2D eigenvalue weighted by Gasteiger charge is -2.15. The number of anilines is 1. The summed E-state index contributed by atoms with van der Waals surface area (Å²) in [5, 5.41) is 8.78. The fraction of sp³-hybridized carbons (Fsp3) is 0.300. The van der Waals surface area contributed by atoms with E-state index in [1.807, 2.05) is 0 Å². The van der Waals surface area contributed by atoms with Crippen LogP contribution in [0, 0.1) is 11.7 Å². The van der Waals surface area contributed by atoms with Crippen LogP contribution in [-0.2, 0) is 9.59 Å². The van der Waals surface area contributed by atoms with E-state index < -0.39 is 17.7 Å².